The number of halogens is 2. The lowest BCUT2D eigenvalue weighted by Gasteiger charge is -1.99. The van der Waals surface area contributed by atoms with Crippen molar-refractivity contribution in [2.24, 2.45) is 0 Å². The van der Waals surface area contributed by atoms with Crippen LogP contribution in [-0.4, -0.2) is 15.0 Å². The summed E-state index contributed by atoms with van der Waals surface area (Å²) in [5, 5.41) is 15.9. The molecule has 0 unspecified atom stereocenters. The lowest BCUT2D eigenvalue weighted by Crippen LogP contribution is -2.00. The first-order chi connectivity index (χ1) is 7.72. The summed E-state index contributed by atoms with van der Waals surface area (Å²) in [7, 11) is 0. The molecule has 4 nitrogen and oxygen atoms in total. The predicted molar refractivity (Wildman–Crippen MR) is 52.3 cm³/mol. The number of nitrogens with zero attached hydrogens (tertiary/aromatic N) is 4. The highest BCUT2D eigenvalue weighted by Crippen LogP contribution is 2.16. The molecule has 0 aliphatic heterocycles. The molecule has 0 aliphatic rings. The Balaban J connectivity index is 2.33. The van der Waals surface area contributed by atoms with Crippen molar-refractivity contribution in [1.82, 2.24) is 15.0 Å². The van der Waals surface area contributed by atoms with Gasteiger partial charge in [-0.1, -0.05) is 5.21 Å². The Morgan fingerprint density at radius 3 is 2.81 bits per heavy atom. The molecule has 0 spiro atoms. The van der Waals surface area contributed by atoms with Gasteiger partial charge in [0.05, 0.1) is 11.6 Å². The summed E-state index contributed by atoms with van der Waals surface area (Å²) in [6, 6.07) is 4.08. The lowest BCUT2D eigenvalue weighted by molar-refractivity contribution is 0.509. The van der Waals surface area contributed by atoms with Gasteiger partial charge in [-0.05, 0) is 6.42 Å². The molecular formula is C10H8F2N4. The largest absolute Gasteiger partial charge is 0.245 e. The molecule has 2 aromatic rings. The standard InChI is InChI=1S/C10H8F2N4/c11-7-5-9-10(6-8(7)12)16(15-14-9)4-2-1-3-13/h5-6H,1-2,4H2. The smallest absolute Gasteiger partial charge is 0.161 e. The van der Waals surface area contributed by atoms with E-state index in [1.807, 2.05) is 6.07 Å². The SMILES string of the molecule is N#CCCCn1nnc2cc(F)c(F)cc21. The van der Waals surface area contributed by atoms with Crippen molar-refractivity contribution in [3.63, 3.8) is 0 Å². The van der Waals surface area contributed by atoms with E-state index in [4.69, 9.17) is 5.26 Å². The van der Waals surface area contributed by atoms with Crippen LogP contribution in [0.1, 0.15) is 12.8 Å². The van der Waals surface area contributed by atoms with Gasteiger partial charge in [-0.15, -0.1) is 5.10 Å². The minimum atomic E-state index is -0.934. The zero-order valence-electron chi connectivity index (χ0n) is 8.32. The number of fused-ring (bicyclic) bond motifs is 1. The number of aryl methyl sites for hydroxylation is 1. The summed E-state index contributed by atoms with van der Waals surface area (Å²) in [6.07, 6.45) is 0.999. The van der Waals surface area contributed by atoms with E-state index in [-0.39, 0.29) is 0 Å². The third-order valence-corrected chi connectivity index (χ3v) is 2.21. The Morgan fingerprint density at radius 1 is 1.31 bits per heavy atom. The molecule has 0 atom stereocenters. The van der Waals surface area contributed by atoms with Crippen LogP contribution in [0.25, 0.3) is 11.0 Å². The molecule has 0 amide bonds. The molecule has 0 radical (unpaired) electrons. The van der Waals surface area contributed by atoms with E-state index in [0.717, 1.165) is 12.1 Å². The van der Waals surface area contributed by atoms with E-state index in [0.29, 0.717) is 30.4 Å². The average molecular weight is 222 g/mol. The van der Waals surface area contributed by atoms with Gasteiger partial charge in [0.1, 0.15) is 5.52 Å². The van der Waals surface area contributed by atoms with Crippen LogP contribution >= 0.6 is 0 Å². The van der Waals surface area contributed by atoms with Crippen molar-refractivity contribution in [2.75, 3.05) is 0 Å². The molecule has 1 aromatic heterocycles. The van der Waals surface area contributed by atoms with Gasteiger partial charge >= 0.3 is 0 Å². The first kappa shape index (κ1) is 10.5. The Labute approximate surface area is 90.1 Å². The first-order valence-corrected chi connectivity index (χ1v) is 4.77. The van der Waals surface area contributed by atoms with E-state index in [9.17, 15) is 8.78 Å². The van der Waals surface area contributed by atoms with Crippen molar-refractivity contribution >= 4 is 11.0 Å². The summed E-state index contributed by atoms with van der Waals surface area (Å²) in [5.74, 6) is -1.85. The third kappa shape index (κ3) is 1.84. The molecule has 0 aliphatic carbocycles. The average Bonchev–Trinajstić information content (AvgIpc) is 2.63. The lowest BCUT2D eigenvalue weighted by atomic mass is 10.3. The van der Waals surface area contributed by atoms with Crippen LogP contribution in [-0.2, 0) is 6.54 Å². The fraction of sp³-hybridized carbons (Fsp3) is 0.300. The van der Waals surface area contributed by atoms with Crippen LogP contribution in [0.3, 0.4) is 0 Å². The summed E-state index contributed by atoms with van der Waals surface area (Å²) >= 11 is 0. The molecule has 0 N–H and O–H groups in total. The van der Waals surface area contributed by atoms with Crippen LogP contribution in [0.2, 0.25) is 0 Å². The predicted octanol–water partition coefficient (Wildman–Crippen LogP) is 2.01. The maximum Gasteiger partial charge on any atom is 0.161 e. The first-order valence-electron chi connectivity index (χ1n) is 4.77. The van der Waals surface area contributed by atoms with Crippen LogP contribution < -0.4 is 0 Å². The Hall–Kier alpha value is -2.03. The highest BCUT2D eigenvalue weighted by molar-refractivity contribution is 5.74. The van der Waals surface area contributed by atoms with Gasteiger partial charge in [0.15, 0.2) is 11.6 Å². The fourth-order valence-electron chi connectivity index (χ4n) is 1.44. The summed E-state index contributed by atoms with van der Waals surface area (Å²) in [6.45, 7) is 0.467. The van der Waals surface area contributed by atoms with Crippen molar-refractivity contribution in [3.05, 3.63) is 23.8 Å². The molecule has 2 rings (SSSR count). The van der Waals surface area contributed by atoms with Gasteiger partial charge in [-0.25, -0.2) is 13.5 Å². The third-order valence-electron chi connectivity index (χ3n) is 2.21. The number of aromatic nitrogens is 3. The van der Waals surface area contributed by atoms with Crippen LogP contribution in [0.15, 0.2) is 12.1 Å². The molecule has 82 valence electrons. The van der Waals surface area contributed by atoms with Gasteiger partial charge < -0.3 is 0 Å². The normalized spacial score (nSPS) is 10.6. The molecule has 6 heteroatoms. The number of hydrogen-bond acceptors (Lipinski definition) is 3. The minimum absolute atomic E-state index is 0.316. The minimum Gasteiger partial charge on any atom is -0.245 e. The fourth-order valence-corrected chi connectivity index (χ4v) is 1.44. The highest BCUT2D eigenvalue weighted by atomic mass is 19.2. The Morgan fingerprint density at radius 2 is 2.06 bits per heavy atom. The molecule has 1 heterocycles. The highest BCUT2D eigenvalue weighted by Gasteiger charge is 2.09. The maximum absolute atomic E-state index is 13.0. The number of nitriles is 1. The second kappa shape index (κ2) is 4.23. The molecule has 0 fully saturated rings. The second-order valence-corrected chi connectivity index (χ2v) is 3.33. The summed E-state index contributed by atoms with van der Waals surface area (Å²) < 4.78 is 27.3. The van der Waals surface area contributed by atoms with Gasteiger partial charge in [0.2, 0.25) is 0 Å². The molecule has 0 saturated heterocycles. The topological polar surface area (TPSA) is 54.5 Å². The molecule has 0 saturated carbocycles. The van der Waals surface area contributed by atoms with Crippen molar-refractivity contribution in [1.29, 1.82) is 5.26 Å². The van der Waals surface area contributed by atoms with Crippen molar-refractivity contribution in [2.45, 2.75) is 19.4 Å². The number of rotatable bonds is 3. The van der Waals surface area contributed by atoms with Crippen molar-refractivity contribution < 1.29 is 8.78 Å². The molecule has 1 aromatic carbocycles. The zero-order valence-corrected chi connectivity index (χ0v) is 8.32. The molecule has 0 bridgehead atoms. The zero-order chi connectivity index (χ0) is 11.5. The Kier molecular flexibility index (Phi) is 2.77. The van der Waals surface area contributed by atoms with E-state index in [1.54, 1.807) is 0 Å². The van der Waals surface area contributed by atoms with E-state index < -0.39 is 11.6 Å². The molecule has 16 heavy (non-hydrogen) atoms. The number of hydrogen-bond donors (Lipinski definition) is 0. The monoisotopic (exact) mass is 222 g/mol. The van der Waals surface area contributed by atoms with Crippen LogP contribution in [0, 0.1) is 23.0 Å². The van der Waals surface area contributed by atoms with Gasteiger partial charge in [0.25, 0.3) is 0 Å². The van der Waals surface area contributed by atoms with E-state index in [2.05, 4.69) is 10.3 Å². The summed E-state index contributed by atoms with van der Waals surface area (Å²) in [4.78, 5) is 0. The number of unbranched alkanes of at least 4 members (excludes halogenated alkanes) is 1. The van der Waals surface area contributed by atoms with Crippen LogP contribution in [0.4, 0.5) is 8.78 Å². The van der Waals surface area contributed by atoms with E-state index in [1.165, 1.54) is 4.68 Å². The quantitative estimate of drug-likeness (QED) is 0.746. The van der Waals surface area contributed by atoms with Gasteiger partial charge in [0, 0.05) is 25.1 Å². The second-order valence-electron chi connectivity index (χ2n) is 3.33. The van der Waals surface area contributed by atoms with Gasteiger partial charge in [-0.2, -0.15) is 5.26 Å². The van der Waals surface area contributed by atoms with E-state index >= 15 is 0 Å². The number of benzene rings is 1. The summed E-state index contributed by atoms with van der Waals surface area (Å²) in [5.41, 5.74) is 0.757. The van der Waals surface area contributed by atoms with Gasteiger partial charge in [-0.3, -0.25) is 0 Å². The maximum atomic E-state index is 13.0. The van der Waals surface area contributed by atoms with Crippen LogP contribution in [0.5, 0.6) is 0 Å². The Bertz CT molecular complexity index is 556. The molecular weight excluding hydrogens is 214 g/mol. The van der Waals surface area contributed by atoms with Crippen molar-refractivity contribution in [3.8, 4) is 6.07 Å².